The summed E-state index contributed by atoms with van der Waals surface area (Å²) in [6.45, 7) is 1.22. The summed E-state index contributed by atoms with van der Waals surface area (Å²) in [4.78, 5) is 20.2. The van der Waals surface area contributed by atoms with E-state index < -0.39 is 17.7 Å². The summed E-state index contributed by atoms with van der Waals surface area (Å²) in [5.41, 5.74) is 9.59. The molecule has 0 saturated carbocycles. The van der Waals surface area contributed by atoms with E-state index in [2.05, 4.69) is 5.73 Å². The van der Waals surface area contributed by atoms with Crippen molar-refractivity contribution in [1.29, 1.82) is 0 Å². The van der Waals surface area contributed by atoms with Gasteiger partial charge in [0.2, 0.25) is 5.91 Å². The topological polar surface area (TPSA) is 86.2 Å². The Morgan fingerprint density at radius 2 is 1.88 bits per heavy atom. The summed E-state index contributed by atoms with van der Waals surface area (Å²) in [5.74, 6) is -1.19. The van der Waals surface area contributed by atoms with Gasteiger partial charge in [0.15, 0.2) is 5.78 Å². The second kappa shape index (κ2) is 2.42. The highest BCUT2D eigenvalue weighted by Gasteiger charge is 2.12. The lowest BCUT2D eigenvalue weighted by atomic mass is 10.2. The van der Waals surface area contributed by atoms with E-state index in [-0.39, 0.29) is 0 Å². The summed E-state index contributed by atoms with van der Waals surface area (Å²) in [6.07, 6.45) is 0. The van der Waals surface area contributed by atoms with E-state index in [0.29, 0.717) is 0 Å². The Morgan fingerprint density at radius 3 is 1.88 bits per heavy atom. The predicted octanol–water partition coefficient (Wildman–Crippen LogP) is -1.61. The summed E-state index contributed by atoms with van der Waals surface area (Å²) in [6, 6.07) is -1.13. The van der Waals surface area contributed by atoms with E-state index in [9.17, 15) is 9.59 Å². The Bertz CT molecular complexity index is 107. The summed E-state index contributed by atoms with van der Waals surface area (Å²) in [5, 5.41) is 0. The van der Waals surface area contributed by atoms with Crippen molar-refractivity contribution >= 4 is 11.7 Å². The predicted molar refractivity (Wildman–Crippen MR) is 27.9 cm³/mol. The first-order valence-electron chi connectivity index (χ1n) is 2.11. The minimum absolute atomic E-state index is 0.405. The first kappa shape index (κ1) is 7.10. The Balaban J connectivity index is 3.83. The number of amides is 1. The number of hydrogen-bond acceptors (Lipinski definition) is 3. The molecule has 0 radical (unpaired) electrons. The number of ketones is 1. The zero-order valence-electron chi connectivity index (χ0n) is 4.55. The maximum atomic E-state index is 10.2. The van der Waals surface area contributed by atoms with E-state index in [1.165, 1.54) is 6.92 Å². The standard InChI is InChI=1S/C4H8N2O2/c1-2(7)3(5)4(6)8/h3H,5H2,1H3,(H2,6,8). The smallest absolute Gasteiger partial charge is 0.242 e. The number of nitrogens with two attached hydrogens (primary N) is 2. The molecule has 0 aliphatic heterocycles. The van der Waals surface area contributed by atoms with Gasteiger partial charge in [-0.1, -0.05) is 0 Å². The van der Waals surface area contributed by atoms with Gasteiger partial charge in [-0.3, -0.25) is 9.59 Å². The highest BCUT2D eigenvalue weighted by molar-refractivity contribution is 6.03. The molecular formula is C4H8N2O2. The van der Waals surface area contributed by atoms with Crippen LogP contribution in [-0.4, -0.2) is 17.7 Å². The van der Waals surface area contributed by atoms with Crippen LogP contribution < -0.4 is 11.5 Å². The molecule has 1 atom stereocenters. The summed E-state index contributed by atoms with van der Waals surface area (Å²) < 4.78 is 0. The van der Waals surface area contributed by atoms with Gasteiger partial charge in [-0.05, 0) is 6.92 Å². The lowest BCUT2D eigenvalue weighted by molar-refractivity contribution is -0.127. The minimum atomic E-state index is -1.13. The number of rotatable bonds is 2. The first-order valence-corrected chi connectivity index (χ1v) is 2.11. The second-order valence-corrected chi connectivity index (χ2v) is 1.49. The molecule has 0 aromatic rings. The molecule has 0 aromatic heterocycles. The summed E-state index contributed by atoms with van der Waals surface area (Å²) >= 11 is 0. The van der Waals surface area contributed by atoms with Crippen molar-refractivity contribution in [2.75, 3.05) is 0 Å². The highest BCUT2D eigenvalue weighted by Crippen LogP contribution is 1.75. The average Bonchev–Trinajstić information content (AvgIpc) is 1.64. The summed E-state index contributed by atoms with van der Waals surface area (Å²) in [7, 11) is 0. The van der Waals surface area contributed by atoms with Crippen LogP contribution in [0.5, 0.6) is 0 Å². The quantitative estimate of drug-likeness (QED) is 0.425. The maximum absolute atomic E-state index is 10.2. The van der Waals surface area contributed by atoms with Crippen LogP contribution in [0.2, 0.25) is 0 Å². The molecule has 8 heavy (non-hydrogen) atoms. The van der Waals surface area contributed by atoms with Crippen molar-refractivity contribution in [2.24, 2.45) is 11.5 Å². The Labute approximate surface area is 46.8 Å². The Morgan fingerprint density at radius 1 is 1.50 bits per heavy atom. The zero-order valence-corrected chi connectivity index (χ0v) is 4.55. The van der Waals surface area contributed by atoms with Crippen LogP contribution in [0.4, 0.5) is 0 Å². The van der Waals surface area contributed by atoms with E-state index >= 15 is 0 Å². The molecule has 46 valence electrons. The molecule has 0 fully saturated rings. The van der Waals surface area contributed by atoms with Gasteiger partial charge < -0.3 is 11.5 Å². The van der Waals surface area contributed by atoms with Crippen LogP contribution in [0.3, 0.4) is 0 Å². The molecule has 1 amide bonds. The molecule has 1 unspecified atom stereocenters. The minimum Gasteiger partial charge on any atom is -0.368 e. The van der Waals surface area contributed by atoms with Crippen LogP contribution in [0, 0.1) is 0 Å². The van der Waals surface area contributed by atoms with Gasteiger partial charge >= 0.3 is 0 Å². The first-order chi connectivity index (χ1) is 3.55. The lowest BCUT2D eigenvalue weighted by Gasteiger charge is -1.98. The number of Topliss-reactive ketones (excluding diaryl/α,β-unsaturated/α-hetero) is 1. The largest absolute Gasteiger partial charge is 0.368 e. The molecule has 0 saturated heterocycles. The SMILES string of the molecule is CC(=O)C(N)C(N)=O. The van der Waals surface area contributed by atoms with Gasteiger partial charge in [-0.2, -0.15) is 0 Å². The molecule has 0 aromatic carbocycles. The molecule has 0 aliphatic carbocycles. The number of carbonyl (C=O) groups excluding carboxylic acids is 2. The van der Waals surface area contributed by atoms with Crippen LogP contribution in [-0.2, 0) is 9.59 Å². The molecule has 4 heteroatoms. The molecule has 0 rings (SSSR count). The van der Waals surface area contributed by atoms with E-state index in [1.807, 2.05) is 0 Å². The lowest BCUT2D eigenvalue weighted by Crippen LogP contribution is -2.41. The van der Waals surface area contributed by atoms with Gasteiger partial charge in [0.05, 0.1) is 0 Å². The third-order valence-corrected chi connectivity index (χ3v) is 0.744. The van der Waals surface area contributed by atoms with Gasteiger partial charge in [0.1, 0.15) is 6.04 Å². The van der Waals surface area contributed by atoms with Crippen LogP contribution in [0.15, 0.2) is 0 Å². The molecule has 0 spiro atoms. The third-order valence-electron chi connectivity index (χ3n) is 0.744. The van der Waals surface area contributed by atoms with E-state index in [0.717, 1.165) is 0 Å². The van der Waals surface area contributed by atoms with Gasteiger partial charge in [-0.25, -0.2) is 0 Å². The van der Waals surface area contributed by atoms with Crippen molar-refractivity contribution in [1.82, 2.24) is 0 Å². The molecule has 0 aliphatic rings. The normalized spacial score (nSPS) is 12.8. The van der Waals surface area contributed by atoms with Crippen LogP contribution in [0.1, 0.15) is 6.92 Å². The van der Waals surface area contributed by atoms with E-state index in [1.54, 1.807) is 0 Å². The highest BCUT2D eigenvalue weighted by atomic mass is 16.2. The Hall–Kier alpha value is -0.900. The average molecular weight is 116 g/mol. The maximum Gasteiger partial charge on any atom is 0.242 e. The molecule has 0 bridgehead atoms. The van der Waals surface area contributed by atoms with Gasteiger partial charge in [-0.15, -0.1) is 0 Å². The van der Waals surface area contributed by atoms with Gasteiger partial charge in [0.25, 0.3) is 0 Å². The van der Waals surface area contributed by atoms with Crippen molar-refractivity contribution < 1.29 is 9.59 Å². The zero-order chi connectivity index (χ0) is 6.73. The molecule has 4 nitrogen and oxygen atoms in total. The molecular weight excluding hydrogens is 108 g/mol. The van der Waals surface area contributed by atoms with Crippen molar-refractivity contribution in [2.45, 2.75) is 13.0 Å². The van der Waals surface area contributed by atoms with Crippen LogP contribution in [0.25, 0.3) is 0 Å². The fourth-order valence-electron chi connectivity index (χ4n) is 0.200. The van der Waals surface area contributed by atoms with Crippen LogP contribution >= 0.6 is 0 Å². The second-order valence-electron chi connectivity index (χ2n) is 1.49. The van der Waals surface area contributed by atoms with Crippen molar-refractivity contribution in [3.8, 4) is 0 Å². The number of carbonyl (C=O) groups is 2. The van der Waals surface area contributed by atoms with E-state index in [4.69, 9.17) is 5.73 Å². The fourth-order valence-corrected chi connectivity index (χ4v) is 0.200. The van der Waals surface area contributed by atoms with Crippen molar-refractivity contribution in [3.05, 3.63) is 0 Å². The molecule has 0 heterocycles. The van der Waals surface area contributed by atoms with Gasteiger partial charge in [0, 0.05) is 0 Å². The monoisotopic (exact) mass is 116 g/mol. The molecule has 4 N–H and O–H groups in total. The number of hydrogen-bond donors (Lipinski definition) is 2. The fraction of sp³-hybridized carbons (Fsp3) is 0.500. The third kappa shape index (κ3) is 1.70. The van der Waals surface area contributed by atoms with Crippen molar-refractivity contribution in [3.63, 3.8) is 0 Å². The number of primary amides is 1. The Kier molecular flexibility index (Phi) is 2.15.